The van der Waals surface area contributed by atoms with Gasteiger partial charge in [-0.15, -0.1) is 0 Å². The maximum atomic E-state index is 14.5. The number of hydrogen-bond donors (Lipinski definition) is 0. The molecule has 2 unspecified atom stereocenters. The highest BCUT2D eigenvalue weighted by Crippen LogP contribution is 2.46. The van der Waals surface area contributed by atoms with E-state index in [4.69, 9.17) is 18.6 Å². The maximum absolute atomic E-state index is 14.5. The van der Waals surface area contributed by atoms with Gasteiger partial charge in [-0.2, -0.15) is 0 Å². The lowest BCUT2D eigenvalue weighted by Crippen LogP contribution is -2.44. The molecule has 0 N–H and O–H groups in total. The Morgan fingerprint density at radius 1 is 1.27 bits per heavy atom. The third-order valence-electron chi connectivity index (χ3n) is 6.60. The molecule has 0 radical (unpaired) electrons. The van der Waals surface area contributed by atoms with Gasteiger partial charge < -0.3 is 18.6 Å². The molecule has 6 atom stereocenters. The van der Waals surface area contributed by atoms with E-state index in [1.807, 2.05) is 0 Å². The van der Waals surface area contributed by atoms with Gasteiger partial charge in [0.1, 0.15) is 6.10 Å². The number of ether oxygens (including phenoxy) is 3. The smallest absolute Gasteiger partial charge is 0.341 e. The van der Waals surface area contributed by atoms with Gasteiger partial charge in [0.15, 0.2) is 14.6 Å². The zero-order valence-electron chi connectivity index (χ0n) is 16.6. The van der Waals surface area contributed by atoms with E-state index in [1.54, 1.807) is 0 Å². The Bertz CT molecular complexity index is 515. The van der Waals surface area contributed by atoms with Crippen molar-refractivity contribution in [2.75, 3.05) is 13.2 Å². The summed E-state index contributed by atoms with van der Waals surface area (Å²) >= 11 is 0. The number of halogens is 1. The van der Waals surface area contributed by atoms with Gasteiger partial charge in [0, 0.05) is 31.5 Å². The van der Waals surface area contributed by atoms with Crippen molar-refractivity contribution in [3.8, 4) is 0 Å². The molecule has 7 heteroatoms. The standard InChI is InChI=1S/C19H33FO5Si/c1-19(2,3)26(4,5)23-11-12-13(24-15-8-6-7-9-22-15)10-14-16(12)17(20)18(21)25-14/h12-17H,6-11H2,1-5H3/t12-,13-,14+,15?,16-,17?/m1/s1. The largest absolute Gasteiger partial charge is 0.460 e. The molecule has 3 fully saturated rings. The van der Waals surface area contributed by atoms with Crippen molar-refractivity contribution >= 4 is 14.3 Å². The number of esters is 1. The Hall–Kier alpha value is -0.503. The van der Waals surface area contributed by atoms with E-state index in [9.17, 15) is 9.18 Å². The summed E-state index contributed by atoms with van der Waals surface area (Å²) < 4.78 is 38.1. The van der Waals surface area contributed by atoms with Gasteiger partial charge in [-0.05, 0) is 37.4 Å². The minimum atomic E-state index is -1.97. The van der Waals surface area contributed by atoms with Crippen LogP contribution in [0.2, 0.25) is 18.1 Å². The molecule has 5 nitrogen and oxygen atoms in total. The second kappa shape index (κ2) is 7.49. The molecule has 26 heavy (non-hydrogen) atoms. The third kappa shape index (κ3) is 4.00. The normalized spacial score (nSPS) is 38.3. The summed E-state index contributed by atoms with van der Waals surface area (Å²) in [5, 5.41) is 0.0744. The predicted molar refractivity (Wildman–Crippen MR) is 98.0 cm³/mol. The Kier molecular flexibility index (Phi) is 5.83. The van der Waals surface area contributed by atoms with Crippen LogP contribution in [0.1, 0.15) is 46.5 Å². The van der Waals surface area contributed by atoms with Crippen molar-refractivity contribution in [3.63, 3.8) is 0 Å². The van der Waals surface area contributed by atoms with Crippen molar-refractivity contribution in [3.05, 3.63) is 0 Å². The van der Waals surface area contributed by atoms with Crippen molar-refractivity contribution in [2.45, 2.75) is 89.3 Å². The van der Waals surface area contributed by atoms with Gasteiger partial charge in [-0.3, -0.25) is 0 Å². The fourth-order valence-electron chi connectivity index (χ4n) is 3.90. The van der Waals surface area contributed by atoms with Crippen molar-refractivity contribution in [1.29, 1.82) is 0 Å². The molecule has 3 rings (SSSR count). The Balaban J connectivity index is 1.70. The first-order valence-corrected chi connectivity index (χ1v) is 12.8. The number of carbonyl (C=O) groups is 1. The quantitative estimate of drug-likeness (QED) is 0.529. The highest BCUT2D eigenvalue weighted by Gasteiger charge is 2.58. The van der Waals surface area contributed by atoms with Crippen LogP contribution in [0.25, 0.3) is 0 Å². The molecule has 0 amide bonds. The number of alkyl halides is 1. The SMILES string of the molecule is CC(C)(C)[Si](C)(C)OC[C@H]1[C@H]2C(F)C(=O)O[C@H]2C[C@H]1OC1CCCCO1. The lowest BCUT2D eigenvalue weighted by atomic mass is 9.91. The van der Waals surface area contributed by atoms with Gasteiger partial charge in [-0.1, -0.05) is 20.8 Å². The molecule has 0 aromatic rings. The second-order valence-electron chi connectivity index (χ2n) is 9.40. The van der Waals surface area contributed by atoms with Gasteiger partial charge in [-0.25, -0.2) is 9.18 Å². The summed E-state index contributed by atoms with van der Waals surface area (Å²) in [7, 11) is -1.97. The van der Waals surface area contributed by atoms with Crippen LogP contribution in [0.3, 0.4) is 0 Å². The molecule has 2 saturated heterocycles. The summed E-state index contributed by atoms with van der Waals surface area (Å²) in [5.74, 6) is -1.38. The van der Waals surface area contributed by atoms with E-state index in [0.717, 1.165) is 19.3 Å². The molecule has 1 saturated carbocycles. The van der Waals surface area contributed by atoms with E-state index < -0.39 is 32.5 Å². The summed E-state index contributed by atoms with van der Waals surface area (Å²) in [4.78, 5) is 11.7. The van der Waals surface area contributed by atoms with Gasteiger partial charge in [0.2, 0.25) is 6.17 Å². The monoisotopic (exact) mass is 388 g/mol. The van der Waals surface area contributed by atoms with Crippen LogP contribution in [-0.4, -0.2) is 52.2 Å². The molecule has 3 aliphatic rings. The topological polar surface area (TPSA) is 54.0 Å². The van der Waals surface area contributed by atoms with Crippen LogP contribution in [-0.2, 0) is 23.4 Å². The number of carbonyl (C=O) groups excluding carboxylic acids is 1. The molecule has 2 heterocycles. The zero-order chi connectivity index (χ0) is 19.1. The number of fused-ring (bicyclic) bond motifs is 1. The molecular weight excluding hydrogens is 355 g/mol. The molecular formula is C19H33FO5Si. The van der Waals surface area contributed by atoms with Crippen LogP contribution in [0, 0.1) is 11.8 Å². The van der Waals surface area contributed by atoms with E-state index in [1.165, 1.54) is 0 Å². The lowest BCUT2D eigenvalue weighted by molar-refractivity contribution is -0.199. The van der Waals surface area contributed by atoms with Gasteiger partial charge >= 0.3 is 5.97 Å². The van der Waals surface area contributed by atoms with Crippen LogP contribution in [0.4, 0.5) is 4.39 Å². The Labute approximate surface area is 157 Å². The molecule has 0 bridgehead atoms. The van der Waals surface area contributed by atoms with Crippen molar-refractivity contribution in [1.82, 2.24) is 0 Å². The van der Waals surface area contributed by atoms with E-state index in [0.29, 0.717) is 19.6 Å². The molecule has 0 aromatic carbocycles. The van der Waals surface area contributed by atoms with Crippen LogP contribution in [0.15, 0.2) is 0 Å². The first-order chi connectivity index (χ1) is 12.1. The van der Waals surface area contributed by atoms with E-state index >= 15 is 0 Å². The minimum absolute atomic E-state index is 0.0744. The molecule has 1 aliphatic carbocycles. The van der Waals surface area contributed by atoms with Crippen LogP contribution >= 0.6 is 0 Å². The van der Waals surface area contributed by atoms with E-state index in [2.05, 4.69) is 33.9 Å². The van der Waals surface area contributed by atoms with Crippen molar-refractivity contribution < 1.29 is 27.8 Å². The highest BCUT2D eigenvalue weighted by molar-refractivity contribution is 6.74. The number of rotatable bonds is 5. The molecule has 2 aliphatic heterocycles. The van der Waals surface area contributed by atoms with Crippen LogP contribution in [0.5, 0.6) is 0 Å². The Morgan fingerprint density at radius 2 is 2.00 bits per heavy atom. The average molecular weight is 389 g/mol. The predicted octanol–water partition coefficient (Wildman–Crippen LogP) is 3.82. The van der Waals surface area contributed by atoms with Gasteiger partial charge in [0.05, 0.1) is 6.10 Å². The average Bonchev–Trinajstić information content (AvgIpc) is 3.02. The fourth-order valence-corrected chi connectivity index (χ4v) is 4.94. The van der Waals surface area contributed by atoms with Crippen LogP contribution < -0.4 is 0 Å². The number of hydrogen-bond acceptors (Lipinski definition) is 5. The minimum Gasteiger partial charge on any atom is -0.460 e. The highest BCUT2D eigenvalue weighted by atomic mass is 28.4. The molecule has 0 spiro atoms. The molecule has 0 aromatic heterocycles. The Morgan fingerprint density at radius 3 is 2.62 bits per heavy atom. The fraction of sp³-hybridized carbons (Fsp3) is 0.947. The summed E-state index contributed by atoms with van der Waals surface area (Å²) in [6.07, 6.45) is 1.12. The first-order valence-electron chi connectivity index (χ1n) is 9.86. The summed E-state index contributed by atoms with van der Waals surface area (Å²) in [6.45, 7) is 12.0. The lowest BCUT2D eigenvalue weighted by Gasteiger charge is -2.38. The van der Waals surface area contributed by atoms with E-state index in [-0.39, 0.29) is 23.4 Å². The molecule has 150 valence electrons. The second-order valence-corrected chi connectivity index (χ2v) is 14.2. The summed E-state index contributed by atoms with van der Waals surface area (Å²) in [6, 6.07) is 0. The maximum Gasteiger partial charge on any atom is 0.341 e. The van der Waals surface area contributed by atoms with Crippen molar-refractivity contribution in [2.24, 2.45) is 11.8 Å². The summed E-state index contributed by atoms with van der Waals surface area (Å²) in [5.41, 5.74) is 0. The third-order valence-corrected chi connectivity index (χ3v) is 11.1. The first kappa shape index (κ1) is 20.2. The zero-order valence-corrected chi connectivity index (χ0v) is 17.6. The van der Waals surface area contributed by atoms with Gasteiger partial charge in [0.25, 0.3) is 0 Å².